The first-order valence-electron chi connectivity index (χ1n) is 4.92. The van der Waals surface area contributed by atoms with E-state index in [1.54, 1.807) is 12.1 Å². The Bertz CT molecular complexity index is 506. The summed E-state index contributed by atoms with van der Waals surface area (Å²) in [7, 11) is 0. The van der Waals surface area contributed by atoms with Crippen molar-refractivity contribution in [2.75, 3.05) is 5.43 Å². The zero-order valence-corrected chi connectivity index (χ0v) is 8.77. The summed E-state index contributed by atoms with van der Waals surface area (Å²) >= 11 is 0. The van der Waals surface area contributed by atoms with Crippen molar-refractivity contribution in [3.8, 4) is 0 Å². The van der Waals surface area contributed by atoms with Crippen LogP contribution in [0.15, 0.2) is 58.9 Å². The summed E-state index contributed by atoms with van der Waals surface area (Å²) in [6, 6.07) is 11.3. The van der Waals surface area contributed by atoms with Crippen LogP contribution in [0.4, 0.5) is 20.2 Å². The molecule has 5 heteroatoms. The molecule has 0 radical (unpaired) electrons. The van der Waals surface area contributed by atoms with E-state index in [1.165, 1.54) is 36.4 Å². The summed E-state index contributed by atoms with van der Waals surface area (Å²) in [5.74, 6) is -0.638. The third kappa shape index (κ3) is 3.34. The van der Waals surface area contributed by atoms with Crippen LogP contribution in [0.1, 0.15) is 0 Å². The molecule has 0 spiro atoms. The number of benzene rings is 2. The van der Waals surface area contributed by atoms with Gasteiger partial charge in [0.05, 0.1) is 11.4 Å². The van der Waals surface area contributed by atoms with E-state index in [2.05, 4.69) is 15.8 Å². The Morgan fingerprint density at radius 3 is 1.88 bits per heavy atom. The van der Waals surface area contributed by atoms with E-state index in [0.717, 1.165) is 0 Å². The molecule has 2 aromatic rings. The van der Waals surface area contributed by atoms with E-state index in [0.29, 0.717) is 11.4 Å². The molecule has 0 bridgehead atoms. The van der Waals surface area contributed by atoms with Gasteiger partial charge < -0.3 is 0 Å². The molecule has 86 valence electrons. The van der Waals surface area contributed by atoms with Crippen molar-refractivity contribution >= 4 is 11.4 Å². The van der Waals surface area contributed by atoms with Crippen LogP contribution in [-0.4, -0.2) is 0 Å². The maximum atomic E-state index is 12.6. The molecular formula is C12H9F2N3. The minimum Gasteiger partial charge on any atom is -0.260 e. The average Bonchev–Trinajstić information content (AvgIpc) is 2.34. The molecule has 0 saturated heterocycles. The van der Waals surface area contributed by atoms with Gasteiger partial charge in [0.15, 0.2) is 0 Å². The second-order valence-electron chi connectivity index (χ2n) is 3.30. The van der Waals surface area contributed by atoms with Crippen molar-refractivity contribution < 1.29 is 8.78 Å². The summed E-state index contributed by atoms with van der Waals surface area (Å²) in [6.07, 6.45) is 0. The SMILES string of the molecule is Fc1ccc(N=NNc2ccc(F)cc2)cc1. The second kappa shape index (κ2) is 5.16. The van der Waals surface area contributed by atoms with Crippen LogP contribution in [0.2, 0.25) is 0 Å². The molecule has 2 rings (SSSR count). The van der Waals surface area contributed by atoms with Crippen molar-refractivity contribution in [1.29, 1.82) is 0 Å². The Morgan fingerprint density at radius 1 is 0.765 bits per heavy atom. The molecule has 0 aliphatic carbocycles. The van der Waals surface area contributed by atoms with Crippen molar-refractivity contribution in [2.24, 2.45) is 10.3 Å². The van der Waals surface area contributed by atoms with Crippen molar-refractivity contribution in [3.63, 3.8) is 0 Å². The lowest BCUT2D eigenvalue weighted by molar-refractivity contribution is 0.627. The van der Waals surface area contributed by atoms with Crippen LogP contribution in [0.25, 0.3) is 0 Å². The minimum atomic E-state index is -0.324. The van der Waals surface area contributed by atoms with E-state index < -0.39 is 0 Å². The van der Waals surface area contributed by atoms with Gasteiger partial charge in [0, 0.05) is 0 Å². The predicted molar refractivity (Wildman–Crippen MR) is 60.9 cm³/mol. The minimum absolute atomic E-state index is 0.314. The number of nitrogens with one attached hydrogen (secondary N) is 1. The van der Waals surface area contributed by atoms with Gasteiger partial charge in [-0.05, 0) is 48.5 Å². The monoisotopic (exact) mass is 233 g/mol. The lowest BCUT2D eigenvalue weighted by atomic mass is 10.3. The summed E-state index contributed by atoms with van der Waals surface area (Å²) < 4.78 is 25.2. The second-order valence-corrected chi connectivity index (χ2v) is 3.30. The van der Waals surface area contributed by atoms with E-state index in [1.807, 2.05) is 0 Å². The summed E-state index contributed by atoms with van der Waals surface area (Å²) in [5, 5.41) is 7.52. The van der Waals surface area contributed by atoms with Crippen LogP contribution < -0.4 is 5.43 Å². The van der Waals surface area contributed by atoms with Gasteiger partial charge in [-0.25, -0.2) is 8.78 Å². The molecule has 2 aromatic carbocycles. The Labute approximate surface area is 96.8 Å². The van der Waals surface area contributed by atoms with Crippen molar-refractivity contribution in [2.45, 2.75) is 0 Å². The highest BCUT2D eigenvalue weighted by atomic mass is 19.1. The van der Waals surface area contributed by atoms with Gasteiger partial charge in [-0.1, -0.05) is 5.22 Å². The number of anilines is 1. The molecule has 0 aliphatic rings. The third-order valence-electron chi connectivity index (χ3n) is 2.02. The van der Waals surface area contributed by atoms with Crippen LogP contribution in [0.5, 0.6) is 0 Å². The van der Waals surface area contributed by atoms with Crippen molar-refractivity contribution in [3.05, 3.63) is 60.2 Å². The average molecular weight is 233 g/mol. The number of nitrogens with zero attached hydrogens (tertiary/aromatic N) is 2. The highest BCUT2D eigenvalue weighted by molar-refractivity contribution is 5.42. The van der Waals surface area contributed by atoms with E-state index >= 15 is 0 Å². The molecule has 0 amide bonds. The molecule has 0 aromatic heterocycles. The molecule has 17 heavy (non-hydrogen) atoms. The first kappa shape index (κ1) is 11.2. The molecule has 1 N–H and O–H groups in total. The quantitative estimate of drug-likeness (QED) is 0.629. The van der Waals surface area contributed by atoms with E-state index in [-0.39, 0.29) is 11.6 Å². The number of halogens is 2. The molecule has 0 unspecified atom stereocenters. The highest BCUT2D eigenvalue weighted by Crippen LogP contribution is 2.13. The normalized spacial score (nSPS) is 10.7. The number of hydrogen-bond acceptors (Lipinski definition) is 2. The lowest BCUT2D eigenvalue weighted by Crippen LogP contribution is -1.86. The van der Waals surface area contributed by atoms with Gasteiger partial charge >= 0.3 is 0 Å². The van der Waals surface area contributed by atoms with Gasteiger partial charge in [0.1, 0.15) is 11.6 Å². The zero-order chi connectivity index (χ0) is 12.1. The zero-order valence-electron chi connectivity index (χ0n) is 8.77. The molecule has 0 saturated carbocycles. The van der Waals surface area contributed by atoms with E-state index in [4.69, 9.17) is 0 Å². The van der Waals surface area contributed by atoms with Gasteiger partial charge in [0.25, 0.3) is 0 Å². The first-order chi connectivity index (χ1) is 8.24. The van der Waals surface area contributed by atoms with Gasteiger partial charge in [-0.2, -0.15) is 0 Å². The molecule has 0 fully saturated rings. The maximum absolute atomic E-state index is 12.6. The fraction of sp³-hybridized carbons (Fsp3) is 0. The first-order valence-corrected chi connectivity index (χ1v) is 4.92. The Balaban J connectivity index is 1.97. The third-order valence-corrected chi connectivity index (χ3v) is 2.02. The standard InChI is InChI=1S/C12H9F2N3/c13-9-1-5-11(6-2-9)15-17-16-12-7-3-10(14)4-8-12/h1-8H,(H,15,16). The van der Waals surface area contributed by atoms with E-state index in [9.17, 15) is 8.78 Å². The fourth-order valence-electron chi connectivity index (χ4n) is 1.17. The summed E-state index contributed by atoms with van der Waals surface area (Å²) in [6.45, 7) is 0. The highest BCUT2D eigenvalue weighted by Gasteiger charge is 1.92. The fourth-order valence-corrected chi connectivity index (χ4v) is 1.17. The Hall–Kier alpha value is -2.30. The number of rotatable bonds is 3. The maximum Gasteiger partial charge on any atom is 0.123 e. The largest absolute Gasteiger partial charge is 0.260 e. The molecule has 3 nitrogen and oxygen atoms in total. The van der Waals surface area contributed by atoms with Crippen LogP contribution in [-0.2, 0) is 0 Å². The van der Waals surface area contributed by atoms with Crippen molar-refractivity contribution in [1.82, 2.24) is 0 Å². The molecule has 0 aliphatic heterocycles. The summed E-state index contributed by atoms with van der Waals surface area (Å²) in [4.78, 5) is 0. The van der Waals surface area contributed by atoms with Gasteiger partial charge in [-0.3, -0.25) is 5.43 Å². The molecular weight excluding hydrogens is 224 g/mol. The predicted octanol–water partition coefficient (Wildman–Crippen LogP) is 4.08. The smallest absolute Gasteiger partial charge is 0.123 e. The molecule has 0 heterocycles. The molecule has 0 atom stereocenters. The Morgan fingerprint density at radius 2 is 1.29 bits per heavy atom. The Kier molecular flexibility index (Phi) is 3.40. The van der Waals surface area contributed by atoms with Gasteiger partial charge in [-0.15, -0.1) is 5.11 Å². The van der Waals surface area contributed by atoms with Crippen LogP contribution >= 0.6 is 0 Å². The van der Waals surface area contributed by atoms with Crippen LogP contribution in [0, 0.1) is 11.6 Å². The van der Waals surface area contributed by atoms with Crippen LogP contribution in [0.3, 0.4) is 0 Å². The number of hydrogen-bond donors (Lipinski definition) is 1. The van der Waals surface area contributed by atoms with Gasteiger partial charge in [0.2, 0.25) is 0 Å². The lowest BCUT2D eigenvalue weighted by Gasteiger charge is -1.97. The topological polar surface area (TPSA) is 36.8 Å². The summed E-state index contributed by atoms with van der Waals surface area (Å²) in [5.41, 5.74) is 3.78.